The zero-order chi connectivity index (χ0) is 15.5. The summed E-state index contributed by atoms with van der Waals surface area (Å²) in [6.07, 6.45) is 3.85. The van der Waals surface area contributed by atoms with Gasteiger partial charge < -0.3 is 10.1 Å². The molecule has 0 aromatic carbocycles. The molecule has 0 radical (unpaired) electrons. The van der Waals surface area contributed by atoms with Gasteiger partial charge in [-0.1, -0.05) is 19.3 Å². The van der Waals surface area contributed by atoms with E-state index in [1.165, 1.54) is 26.3 Å². The van der Waals surface area contributed by atoms with Crippen LogP contribution in [0.4, 0.5) is 0 Å². The van der Waals surface area contributed by atoms with Gasteiger partial charge in [0.05, 0.1) is 7.11 Å². The predicted molar refractivity (Wildman–Crippen MR) is 74.8 cm³/mol. The van der Waals surface area contributed by atoms with Crippen LogP contribution in [-0.4, -0.2) is 34.3 Å². The van der Waals surface area contributed by atoms with Crippen molar-refractivity contribution in [3.05, 3.63) is 28.2 Å². The molecule has 1 aliphatic rings. The summed E-state index contributed by atoms with van der Waals surface area (Å²) >= 11 is 0. The van der Waals surface area contributed by atoms with Crippen LogP contribution in [0.3, 0.4) is 0 Å². The molecule has 1 fully saturated rings. The van der Waals surface area contributed by atoms with Crippen LogP contribution in [0.15, 0.2) is 16.9 Å². The van der Waals surface area contributed by atoms with Crippen LogP contribution in [0.5, 0.6) is 0 Å². The van der Waals surface area contributed by atoms with Crippen LogP contribution in [0.1, 0.15) is 42.6 Å². The number of nitrogens with zero attached hydrogens (tertiary/aromatic N) is 2. The molecule has 0 unspecified atom stereocenters. The quantitative estimate of drug-likeness (QED) is 0.814. The zero-order valence-electron chi connectivity index (χ0n) is 12.2. The molecular weight excluding hydrogens is 274 g/mol. The minimum Gasteiger partial charge on any atom is -0.467 e. The Morgan fingerprint density at radius 3 is 2.52 bits per heavy atom. The topological polar surface area (TPSA) is 90.3 Å². The lowest BCUT2D eigenvalue weighted by Crippen LogP contribution is -2.56. The van der Waals surface area contributed by atoms with Crippen molar-refractivity contribution in [3.63, 3.8) is 0 Å². The Morgan fingerprint density at radius 2 is 1.95 bits per heavy atom. The minimum absolute atomic E-state index is 0.103. The van der Waals surface area contributed by atoms with Gasteiger partial charge in [0.1, 0.15) is 11.2 Å². The molecule has 114 valence electrons. The number of ether oxygens (including phenoxy) is 1. The summed E-state index contributed by atoms with van der Waals surface area (Å²) in [5, 5.41) is 6.65. The number of methoxy groups -OCH3 is 1. The summed E-state index contributed by atoms with van der Waals surface area (Å²) < 4.78 is 5.93. The highest BCUT2D eigenvalue weighted by molar-refractivity contribution is 5.96. The summed E-state index contributed by atoms with van der Waals surface area (Å²) in [5.41, 5.74) is -1.18. The number of esters is 1. The molecule has 1 N–H and O–H groups in total. The van der Waals surface area contributed by atoms with Crippen molar-refractivity contribution in [2.75, 3.05) is 7.11 Å². The Kier molecular flexibility index (Phi) is 4.40. The first-order valence-electron chi connectivity index (χ1n) is 6.94. The van der Waals surface area contributed by atoms with Gasteiger partial charge in [-0.15, -0.1) is 0 Å². The van der Waals surface area contributed by atoms with Gasteiger partial charge in [-0.2, -0.15) is 5.10 Å². The summed E-state index contributed by atoms with van der Waals surface area (Å²) in [4.78, 5) is 35.7. The molecule has 1 aromatic heterocycles. The second kappa shape index (κ2) is 6.07. The van der Waals surface area contributed by atoms with Crippen molar-refractivity contribution in [2.45, 2.75) is 37.6 Å². The average molecular weight is 293 g/mol. The molecule has 0 aliphatic heterocycles. The van der Waals surface area contributed by atoms with Crippen molar-refractivity contribution in [1.29, 1.82) is 0 Å². The minimum atomic E-state index is -0.986. The average Bonchev–Trinajstić information content (AvgIpc) is 2.50. The zero-order valence-corrected chi connectivity index (χ0v) is 12.2. The van der Waals surface area contributed by atoms with Crippen molar-refractivity contribution < 1.29 is 14.3 Å². The van der Waals surface area contributed by atoms with Crippen LogP contribution >= 0.6 is 0 Å². The fourth-order valence-electron chi connectivity index (χ4n) is 2.64. The van der Waals surface area contributed by atoms with E-state index in [4.69, 9.17) is 4.74 Å². The van der Waals surface area contributed by atoms with E-state index in [1.807, 2.05) is 0 Å². The second-order valence-electron chi connectivity index (χ2n) is 5.27. The van der Waals surface area contributed by atoms with E-state index in [-0.39, 0.29) is 11.3 Å². The van der Waals surface area contributed by atoms with Gasteiger partial charge in [-0.3, -0.25) is 9.59 Å². The first-order valence-corrected chi connectivity index (χ1v) is 6.94. The van der Waals surface area contributed by atoms with Crippen LogP contribution in [0.25, 0.3) is 0 Å². The number of amides is 1. The number of carbonyl (C=O) groups excluding carboxylic acids is 2. The molecule has 0 atom stereocenters. The Morgan fingerprint density at radius 1 is 1.29 bits per heavy atom. The number of rotatable bonds is 3. The smallest absolute Gasteiger partial charge is 0.331 e. The van der Waals surface area contributed by atoms with E-state index >= 15 is 0 Å². The SMILES string of the molecule is COC(=O)C1(NC(=O)c2ccc(=O)n(C)n2)CCCCC1. The highest BCUT2D eigenvalue weighted by Crippen LogP contribution is 2.29. The van der Waals surface area contributed by atoms with Gasteiger partial charge >= 0.3 is 5.97 Å². The molecule has 0 saturated heterocycles. The summed E-state index contributed by atoms with van der Waals surface area (Å²) in [7, 11) is 2.78. The molecule has 1 saturated carbocycles. The molecule has 1 aliphatic carbocycles. The normalized spacial score (nSPS) is 17.0. The fourth-order valence-corrected chi connectivity index (χ4v) is 2.64. The van der Waals surface area contributed by atoms with Crippen LogP contribution in [0, 0.1) is 0 Å². The molecular formula is C14H19N3O4. The van der Waals surface area contributed by atoms with E-state index in [0.717, 1.165) is 23.9 Å². The number of nitrogens with one attached hydrogen (secondary N) is 1. The van der Waals surface area contributed by atoms with Gasteiger partial charge in [0.2, 0.25) is 0 Å². The van der Waals surface area contributed by atoms with Gasteiger partial charge in [0.15, 0.2) is 0 Å². The van der Waals surface area contributed by atoms with Crippen molar-refractivity contribution in [2.24, 2.45) is 7.05 Å². The van der Waals surface area contributed by atoms with E-state index in [1.54, 1.807) is 0 Å². The van der Waals surface area contributed by atoms with E-state index in [2.05, 4.69) is 10.4 Å². The molecule has 0 spiro atoms. The summed E-state index contributed by atoms with van der Waals surface area (Å²) in [6.45, 7) is 0. The lowest BCUT2D eigenvalue weighted by molar-refractivity contribution is -0.149. The van der Waals surface area contributed by atoms with E-state index in [9.17, 15) is 14.4 Å². The number of aromatic nitrogens is 2. The molecule has 21 heavy (non-hydrogen) atoms. The predicted octanol–water partition coefficient (Wildman–Crippen LogP) is 0.386. The molecule has 7 heteroatoms. The Hall–Kier alpha value is -2.18. The van der Waals surface area contributed by atoms with Gasteiger partial charge in [0, 0.05) is 13.1 Å². The van der Waals surface area contributed by atoms with Crippen LogP contribution < -0.4 is 10.9 Å². The fraction of sp³-hybridized carbons (Fsp3) is 0.571. The lowest BCUT2D eigenvalue weighted by Gasteiger charge is -2.35. The van der Waals surface area contributed by atoms with Crippen LogP contribution in [0.2, 0.25) is 0 Å². The standard InChI is InChI=1S/C14H19N3O4/c1-17-11(18)7-6-10(16-17)12(19)15-14(13(20)21-2)8-4-3-5-9-14/h6-7H,3-5,8-9H2,1-2H3,(H,15,19). The molecule has 7 nitrogen and oxygen atoms in total. The van der Waals surface area contributed by atoms with Gasteiger partial charge in [-0.25, -0.2) is 9.48 Å². The maximum absolute atomic E-state index is 12.3. The van der Waals surface area contributed by atoms with Crippen molar-refractivity contribution in [1.82, 2.24) is 15.1 Å². The maximum Gasteiger partial charge on any atom is 0.331 e. The largest absolute Gasteiger partial charge is 0.467 e. The third-order valence-corrected chi connectivity index (χ3v) is 3.83. The number of hydrogen-bond donors (Lipinski definition) is 1. The monoisotopic (exact) mass is 293 g/mol. The first-order chi connectivity index (χ1) is 9.98. The molecule has 2 rings (SSSR count). The van der Waals surface area contributed by atoms with Gasteiger partial charge in [-0.05, 0) is 18.9 Å². The molecule has 1 aromatic rings. The number of hydrogen-bond acceptors (Lipinski definition) is 5. The third kappa shape index (κ3) is 3.12. The lowest BCUT2D eigenvalue weighted by atomic mass is 9.81. The molecule has 0 bridgehead atoms. The molecule has 1 amide bonds. The van der Waals surface area contributed by atoms with Gasteiger partial charge in [0.25, 0.3) is 11.5 Å². The maximum atomic E-state index is 12.3. The Labute approximate surface area is 122 Å². The molecule has 1 heterocycles. The number of aryl methyl sites for hydroxylation is 1. The second-order valence-corrected chi connectivity index (χ2v) is 5.27. The Balaban J connectivity index is 2.23. The highest BCUT2D eigenvalue weighted by atomic mass is 16.5. The summed E-state index contributed by atoms with van der Waals surface area (Å²) in [6, 6.07) is 2.62. The third-order valence-electron chi connectivity index (χ3n) is 3.83. The van der Waals surface area contributed by atoms with E-state index < -0.39 is 17.4 Å². The van der Waals surface area contributed by atoms with E-state index in [0.29, 0.717) is 12.8 Å². The Bertz CT molecular complexity index is 602. The van der Waals surface area contributed by atoms with Crippen molar-refractivity contribution >= 4 is 11.9 Å². The van der Waals surface area contributed by atoms with Crippen LogP contribution in [-0.2, 0) is 16.6 Å². The first kappa shape index (κ1) is 15.2. The van der Waals surface area contributed by atoms with Crippen molar-refractivity contribution in [3.8, 4) is 0 Å². The highest BCUT2D eigenvalue weighted by Gasteiger charge is 2.42. The number of carbonyl (C=O) groups is 2. The summed E-state index contributed by atoms with van der Waals surface area (Å²) in [5.74, 6) is -0.904.